The Bertz CT molecular complexity index is 417. The largest absolute Gasteiger partial charge is 0.329 e. The topological polar surface area (TPSA) is 43.8 Å². The van der Waals surface area contributed by atoms with Crippen molar-refractivity contribution in [3.63, 3.8) is 0 Å². The van der Waals surface area contributed by atoms with E-state index in [1.807, 2.05) is 6.33 Å². The lowest BCUT2D eigenvalue weighted by molar-refractivity contribution is 0.728. The highest BCUT2D eigenvalue weighted by Gasteiger charge is 2.00. The van der Waals surface area contributed by atoms with Crippen molar-refractivity contribution in [3.8, 4) is 0 Å². The second-order valence-electron chi connectivity index (χ2n) is 3.22. The standard InChI is InChI=1S/C10H13N3/c1-8-2-3-10-9(6-8)12-7-13(10)5-4-11/h2-3,6-7H,4-5,11H2,1H3. The molecule has 3 nitrogen and oxygen atoms in total. The van der Waals surface area contributed by atoms with Crippen LogP contribution in [-0.2, 0) is 6.54 Å². The van der Waals surface area contributed by atoms with Gasteiger partial charge in [-0.15, -0.1) is 0 Å². The first-order valence-electron chi connectivity index (χ1n) is 4.43. The summed E-state index contributed by atoms with van der Waals surface area (Å²) in [5.41, 5.74) is 8.95. The minimum Gasteiger partial charge on any atom is -0.329 e. The van der Waals surface area contributed by atoms with Crippen LogP contribution >= 0.6 is 0 Å². The van der Waals surface area contributed by atoms with E-state index in [-0.39, 0.29) is 0 Å². The molecule has 0 aliphatic carbocycles. The van der Waals surface area contributed by atoms with Gasteiger partial charge in [-0.1, -0.05) is 6.07 Å². The van der Waals surface area contributed by atoms with Gasteiger partial charge in [0.15, 0.2) is 0 Å². The molecule has 0 unspecified atom stereocenters. The number of imidazole rings is 1. The molecule has 0 radical (unpaired) electrons. The number of rotatable bonds is 2. The Labute approximate surface area is 77.2 Å². The van der Waals surface area contributed by atoms with Crippen molar-refractivity contribution in [2.24, 2.45) is 5.73 Å². The third kappa shape index (κ3) is 1.42. The maximum atomic E-state index is 5.49. The fourth-order valence-electron chi connectivity index (χ4n) is 1.49. The Morgan fingerprint density at radius 1 is 1.46 bits per heavy atom. The summed E-state index contributed by atoms with van der Waals surface area (Å²) in [6, 6.07) is 6.27. The third-order valence-corrected chi connectivity index (χ3v) is 2.15. The maximum Gasteiger partial charge on any atom is 0.0958 e. The van der Waals surface area contributed by atoms with Gasteiger partial charge < -0.3 is 10.3 Å². The van der Waals surface area contributed by atoms with Crippen LogP contribution in [0.4, 0.5) is 0 Å². The number of aryl methyl sites for hydroxylation is 1. The minimum atomic E-state index is 0.652. The second kappa shape index (κ2) is 3.18. The average Bonchev–Trinajstić information content (AvgIpc) is 2.49. The first-order chi connectivity index (χ1) is 6.31. The highest BCUT2D eigenvalue weighted by molar-refractivity contribution is 5.75. The Hall–Kier alpha value is -1.35. The number of nitrogens with zero attached hydrogens (tertiary/aromatic N) is 2. The van der Waals surface area contributed by atoms with E-state index in [4.69, 9.17) is 5.73 Å². The molecule has 1 aromatic carbocycles. The van der Waals surface area contributed by atoms with Crippen LogP contribution in [0.1, 0.15) is 5.56 Å². The van der Waals surface area contributed by atoms with Gasteiger partial charge in [0, 0.05) is 13.1 Å². The molecule has 68 valence electrons. The number of hydrogen-bond donors (Lipinski definition) is 1. The molecule has 0 atom stereocenters. The van der Waals surface area contributed by atoms with Gasteiger partial charge in [0.2, 0.25) is 0 Å². The van der Waals surface area contributed by atoms with Gasteiger partial charge in [-0.2, -0.15) is 0 Å². The van der Waals surface area contributed by atoms with E-state index >= 15 is 0 Å². The molecule has 2 aromatic rings. The monoisotopic (exact) mass is 175 g/mol. The molecule has 0 bridgehead atoms. The van der Waals surface area contributed by atoms with E-state index in [1.165, 1.54) is 5.56 Å². The van der Waals surface area contributed by atoms with E-state index in [0.29, 0.717) is 6.54 Å². The van der Waals surface area contributed by atoms with Crippen molar-refractivity contribution in [2.45, 2.75) is 13.5 Å². The fraction of sp³-hybridized carbons (Fsp3) is 0.300. The Balaban J connectivity index is 2.55. The van der Waals surface area contributed by atoms with Crippen molar-refractivity contribution < 1.29 is 0 Å². The van der Waals surface area contributed by atoms with Gasteiger partial charge in [0.05, 0.1) is 17.4 Å². The number of nitrogens with two attached hydrogens (primary N) is 1. The Morgan fingerprint density at radius 2 is 2.31 bits per heavy atom. The highest BCUT2D eigenvalue weighted by Crippen LogP contribution is 2.13. The quantitative estimate of drug-likeness (QED) is 0.747. The maximum absolute atomic E-state index is 5.49. The van der Waals surface area contributed by atoms with Crippen molar-refractivity contribution in [1.82, 2.24) is 9.55 Å². The fourth-order valence-corrected chi connectivity index (χ4v) is 1.49. The van der Waals surface area contributed by atoms with E-state index in [0.717, 1.165) is 17.6 Å². The number of hydrogen-bond acceptors (Lipinski definition) is 2. The van der Waals surface area contributed by atoms with Crippen LogP contribution in [0.2, 0.25) is 0 Å². The first kappa shape index (κ1) is 8.26. The molecule has 13 heavy (non-hydrogen) atoms. The number of fused-ring (bicyclic) bond motifs is 1. The van der Waals surface area contributed by atoms with Crippen LogP contribution in [0.15, 0.2) is 24.5 Å². The molecule has 3 heteroatoms. The van der Waals surface area contributed by atoms with E-state index in [9.17, 15) is 0 Å². The summed E-state index contributed by atoms with van der Waals surface area (Å²) in [7, 11) is 0. The third-order valence-electron chi connectivity index (χ3n) is 2.15. The average molecular weight is 175 g/mol. The molecule has 0 amide bonds. The molecule has 0 saturated heterocycles. The molecule has 2 rings (SSSR count). The summed E-state index contributed by atoms with van der Waals surface area (Å²) >= 11 is 0. The minimum absolute atomic E-state index is 0.652. The van der Waals surface area contributed by atoms with Gasteiger partial charge in [-0.05, 0) is 24.6 Å². The summed E-state index contributed by atoms with van der Waals surface area (Å²) in [4.78, 5) is 4.31. The SMILES string of the molecule is Cc1ccc2c(c1)ncn2CCN. The van der Waals surface area contributed by atoms with Crippen LogP contribution < -0.4 is 5.73 Å². The van der Waals surface area contributed by atoms with Crippen molar-refractivity contribution in [1.29, 1.82) is 0 Å². The molecule has 0 aliphatic rings. The molecule has 1 heterocycles. The number of benzene rings is 1. The van der Waals surface area contributed by atoms with Gasteiger partial charge in [-0.3, -0.25) is 0 Å². The Kier molecular flexibility index (Phi) is 2.02. The molecule has 0 saturated carbocycles. The summed E-state index contributed by atoms with van der Waals surface area (Å²) in [6.45, 7) is 3.56. The van der Waals surface area contributed by atoms with E-state index in [1.54, 1.807) is 0 Å². The Morgan fingerprint density at radius 3 is 3.08 bits per heavy atom. The summed E-state index contributed by atoms with van der Waals surface area (Å²) in [6.07, 6.45) is 1.84. The lowest BCUT2D eigenvalue weighted by Gasteiger charge is -2.00. The van der Waals surface area contributed by atoms with Crippen LogP contribution in [-0.4, -0.2) is 16.1 Å². The van der Waals surface area contributed by atoms with Crippen LogP contribution in [0.3, 0.4) is 0 Å². The smallest absolute Gasteiger partial charge is 0.0958 e. The molecular weight excluding hydrogens is 162 g/mol. The summed E-state index contributed by atoms with van der Waals surface area (Å²) < 4.78 is 2.08. The lowest BCUT2D eigenvalue weighted by atomic mass is 10.2. The van der Waals surface area contributed by atoms with Gasteiger partial charge >= 0.3 is 0 Å². The van der Waals surface area contributed by atoms with Gasteiger partial charge in [0.25, 0.3) is 0 Å². The normalized spacial score (nSPS) is 10.9. The number of aromatic nitrogens is 2. The van der Waals surface area contributed by atoms with Crippen molar-refractivity contribution in [2.75, 3.05) is 6.54 Å². The van der Waals surface area contributed by atoms with Crippen LogP contribution in [0.25, 0.3) is 11.0 Å². The predicted octanol–water partition coefficient (Wildman–Crippen LogP) is 1.30. The zero-order chi connectivity index (χ0) is 9.26. The van der Waals surface area contributed by atoms with Crippen molar-refractivity contribution >= 4 is 11.0 Å². The van der Waals surface area contributed by atoms with Crippen LogP contribution in [0.5, 0.6) is 0 Å². The van der Waals surface area contributed by atoms with E-state index < -0.39 is 0 Å². The lowest BCUT2D eigenvalue weighted by Crippen LogP contribution is -2.08. The zero-order valence-electron chi connectivity index (χ0n) is 7.70. The molecule has 2 N–H and O–H groups in total. The van der Waals surface area contributed by atoms with Crippen molar-refractivity contribution in [3.05, 3.63) is 30.1 Å². The van der Waals surface area contributed by atoms with Gasteiger partial charge in [-0.25, -0.2) is 4.98 Å². The molecule has 0 fully saturated rings. The van der Waals surface area contributed by atoms with Crippen LogP contribution in [0, 0.1) is 6.92 Å². The van der Waals surface area contributed by atoms with E-state index in [2.05, 4.69) is 34.7 Å². The highest BCUT2D eigenvalue weighted by atomic mass is 15.0. The molecule has 1 aromatic heterocycles. The first-order valence-corrected chi connectivity index (χ1v) is 4.43. The molecule has 0 aliphatic heterocycles. The zero-order valence-corrected chi connectivity index (χ0v) is 7.70. The van der Waals surface area contributed by atoms with Gasteiger partial charge in [0.1, 0.15) is 0 Å². The second-order valence-corrected chi connectivity index (χ2v) is 3.22. The predicted molar refractivity (Wildman–Crippen MR) is 53.5 cm³/mol. The summed E-state index contributed by atoms with van der Waals surface area (Å²) in [5.74, 6) is 0. The summed E-state index contributed by atoms with van der Waals surface area (Å²) in [5, 5.41) is 0. The molecule has 0 spiro atoms. The molecular formula is C10H13N3.